The lowest BCUT2D eigenvalue weighted by Crippen LogP contribution is -2.52. The minimum absolute atomic E-state index is 0.193. The van der Waals surface area contributed by atoms with Crippen LogP contribution in [0.3, 0.4) is 0 Å². The van der Waals surface area contributed by atoms with Gasteiger partial charge in [-0.15, -0.1) is 0 Å². The van der Waals surface area contributed by atoms with Crippen LogP contribution in [0.4, 0.5) is 0 Å². The normalized spacial score (nSPS) is 11.8. The zero-order valence-electron chi connectivity index (χ0n) is 22.1. The highest BCUT2D eigenvalue weighted by Crippen LogP contribution is 2.33. The second kappa shape index (κ2) is 13.6. The Bertz CT molecular complexity index is 1410. The molecule has 0 spiro atoms. The van der Waals surface area contributed by atoms with Gasteiger partial charge in [0.15, 0.2) is 6.61 Å². The maximum absolute atomic E-state index is 13.8. The summed E-state index contributed by atoms with van der Waals surface area (Å²) in [5.74, 6) is 0.366. The Morgan fingerprint density at radius 1 is 0.897 bits per heavy atom. The Kier molecular flexibility index (Phi) is 10.0. The summed E-state index contributed by atoms with van der Waals surface area (Å²) in [6.07, 6.45) is 0.379. The molecule has 4 aromatic carbocycles. The number of amides is 2. The maximum atomic E-state index is 13.8. The molecule has 2 amide bonds. The van der Waals surface area contributed by atoms with Gasteiger partial charge in [0.05, 0.1) is 4.47 Å². The fourth-order valence-electron chi connectivity index (χ4n) is 4.31. The SMILES string of the molecule is CC(C)CNC(=O)[C@H](Cc1ccccc1)N(Cc1ccc(Cl)cc1)C(=O)COc1ccc2ccccc2c1Br. The van der Waals surface area contributed by atoms with Gasteiger partial charge in [-0.05, 0) is 61.9 Å². The lowest BCUT2D eigenvalue weighted by molar-refractivity contribution is -0.142. The number of hydrogen-bond acceptors (Lipinski definition) is 3. The van der Waals surface area contributed by atoms with Crippen molar-refractivity contribution in [2.24, 2.45) is 5.92 Å². The van der Waals surface area contributed by atoms with Gasteiger partial charge in [0.25, 0.3) is 5.91 Å². The Labute approximate surface area is 243 Å². The zero-order valence-corrected chi connectivity index (χ0v) is 24.4. The van der Waals surface area contributed by atoms with Gasteiger partial charge in [0.2, 0.25) is 5.91 Å². The third-order valence-corrected chi connectivity index (χ3v) is 7.47. The fourth-order valence-corrected chi connectivity index (χ4v) is 5.04. The van der Waals surface area contributed by atoms with Gasteiger partial charge in [0.1, 0.15) is 11.8 Å². The summed E-state index contributed by atoms with van der Waals surface area (Å²) < 4.78 is 6.82. The number of benzene rings is 4. The molecule has 4 rings (SSSR count). The molecule has 0 aromatic heterocycles. The largest absolute Gasteiger partial charge is 0.483 e. The lowest BCUT2D eigenvalue weighted by Gasteiger charge is -2.31. The minimum atomic E-state index is -0.724. The molecule has 202 valence electrons. The fraction of sp³-hybridized carbons (Fsp3) is 0.250. The van der Waals surface area contributed by atoms with Crippen LogP contribution in [0.2, 0.25) is 5.02 Å². The first-order valence-corrected chi connectivity index (χ1v) is 14.1. The number of carbonyl (C=O) groups is 2. The monoisotopic (exact) mass is 606 g/mol. The van der Waals surface area contributed by atoms with E-state index in [-0.39, 0.29) is 30.9 Å². The molecule has 7 heteroatoms. The van der Waals surface area contributed by atoms with Crippen molar-refractivity contribution < 1.29 is 14.3 Å². The van der Waals surface area contributed by atoms with Gasteiger partial charge >= 0.3 is 0 Å². The summed E-state index contributed by atoms with van der Waals surface area (Å²) in [5, 5.41) is 5.70. The number of rotatable bonds is 11. The van der Waals surface area contributed by atoms with E-state index in [1.807, 2.05) is 92.7 Å². The number of hydrogen-bond donors (Lipinski definition) is 1. The van der Waals surface area contributed by atoms with Gasteiger partial charge < -0.3 is 15.0 Å². The molecular weight excluding hydrogens is 576 g/mol. The van der Waals surface area contributed by atoms with Crippen LogP contribution >= 0.6 is 27.5 Å². The van der Waals surface area contributed by atoms with Gasteiger partial charge in [-0.2, -0.15) is 0 Å². The molecule has 1 atom stereocenters. The van der Waals surface area contributed by atoms with E-state index in [0.29, 0.717) is 23.7 Å². The molecule has 0 aliphatic carbocycles. The highest BCUT2D eigenvalue weighted by Gasteiger charge is 2.31. The number of carbonyl (C=O) groups excluding carboxylic acids is 2. The standard InChI is InChI=1S/C32H32BrClN2O3/c1-22(2)19-35-32(38)28(18-23-8-4-3-5-9-23)36(20-24-12-15-26(34)16-13-24)30(37)21-39-29-17-14-25-10-6-7-11-27(25)31(29)33/h3-17,22,28H,18-21H2,1-2H3,(H,35,38)/t28-/m0/s1. The molecule has 0 bridgehead atoms. The van der Waals surface area contributed by atoms with E-state index in [9.17, 15) is 9.59 Å². The van der Waals surface area contributed by atoms with Crippen LogP contribution in [0.15, 0.2) is 95.5 Å². The molecule has 5 nitrogen and oxygen atoms in total. The second-order valence-corrected chi connectivity index (χ2v) is 11.1. The van der Waals surface area contributed by atoms with Crippen LogP contribution in [0.5, 0.6) is 5.75 Å². The van der Waals surface area contributed by atoms with Crippen molar-refractivity contribution in [3.05, 3.63) is 112 Å². The van der Waals surface area contributed by atoms with Crippen LogP contribution in [-0.2, 0) is 22.6 Å². The van der Waals surface area contributed by atoms with Gasteiger partial charge in [-0.3, -0.25) is 9.59 Å². The summed E-state index contributed by atoms with van der Waals surface area (Å²) in [5.41, 5.74) is 1.84. The predicted octanol–water partition coefficient (Wildman–Crippen LogP) is 7.05. The van der Waals surface area contributed by atoms with Crippen LogP contribution in [0.25, 0.3) is 10.8 Å². The third kappa shape index (κ3) is 7.84. The van der Waals surface area contributed by atoms with E-state index in [1.54, 1.807) is 17.0 Å². The van der Waals surface area contributed by atoms with Crippen molar-refractivity contribution in [2.75, 3.05) is 13.2 Å². The Hall–Kier alpha value is -3.35. The summed E-state index contributed by atoms with van der Waals surface area (Å²) in [6.45, 7) is 4.63. The minimum Gasteiger partial charge on any atom is -0.483 e. The van der Waals surface area contributed by atoms with E-state index in [0.717, 1.165) is 26.4 Å². The van der Waals surface area contributed by atoms with Gasteiger partial charge in [-0.1, -0.05) is 98.2 Å². The molecule has 0 saturated heterocycles. The summed E-state index contributed by atoms with van der Waals surface area (Å²) in [4.78, 5) is 29.0. The zero-order chi connectivity index (χ0) is 27.8. The van der Waals surface area contributed by atoms with Crippen LogP contribution < -0.4 is 10.1 Å². The Balaban J connectivity index is 1.63. The third-order valence-electron chi connectivity index (χ3n) is 6.40. The molecule has 39 heavy (non-hydrogen) atoms. The first-order valence-electron chi connectivity index (χ1n) is 13.0. The molecule has 0 radical (unpaired) electrons. The number of ether oxygens (including phenoxy) is 1. The molecule has 1 N–H and O–H groups in total. The summed E-state index contributed by atoms with van der Waals surface area (Å²) >= 11 is 9.74. The quantitative estimate of drug-likeness (QED) is 0.199. The molecule has 0 heterocycles. The van der Waals surface area contributed by atoms with E-state index in [4.69, 9.17) is 16.3 Å². The van der Waals surface area contributed by atoms with Crippen molar-refractivity contribution in [3.63, 3.8) is 0 Å². The Morgan fingerprint density at radius 3 is 2.31 bits per heavy atom. The molecule has 4 aromatic rings. The van der Waals surface area contributed by atoms with Crippen LogP contribution in [-0.4, -0.2) is 35.9 Å². The molecule has 0 fully saturated rings. The van der Waals surface area contributed by atoms with Gasteiger partial charge in [-0.25, -0.2) is 0 Å². The number of halogens is 2. The molecule has 0 aliphatic heterocycles. The summed E-state index contributed by atoms with van der Waals surface area (Å²) in [6, 6.07) is 28.1. The van der Waals surface area contributed by atoms with Crippen LogP contribution in [0.1, 0.15) is 25.0 Å². The van der Waals surface area contributed by atoms with Crippen molar-refractivity contribution in [1.82, 2.24) is 10.2 Å². The first kappa shape index (κ1) is 28.7. The molecule has 0 unspecified atom stereocenters. The highest BCUT2D eigenvalue weighted by atomic mass is 79.9. The van der Waals surface area contributed by atoms with E-state index in [2.05, 4.69) is 21.2 Å². The number of nitrogens with zero attached hydrogens (tertiary/aromatic N) is 1. The van der Waals surface area contributed by atoms with E-state index < -0.39 is 6.04 Å². The Morgan fingerprint density at radius 2 is 1.59 bits per heavy atom. The van der Waals surface area contributed by atoms with Crippen molar-refractivity contribution in [2.45, 2.75) is 32.9 Å². The predicted molar refractivity (Wildman–Crippen MR) is 161 cm³/mol. The summed E-state index contributed by atoms with van der Waals surface area (Å²) in [7, 11) is 0. The van der Waals surface area contributed by atoms with Crippen molar-refractivity contribution in [3.8, 4) is 5.75 Å². The molecule has 0 saturated carbocycles. The average Bonchev–Trinajstić information content (AvgIpc) is 2.94. The van der Waals surface area contributed by atoms with Crippen molar-refractivity contribution >= 4 is 50.1 Å². The van der Waals surface area contributed by atoms with Crippen molar-refractivity contribution in [1.29, 1.82) is 0 Å². The lowest BCUT2D eigenvalue weighted by atomic mass is 10.0. The smallest absolute Gasteiger partial charge is 0.261 e. The topological polar surface area (TPSA) is 58.6 Å². The second-order valence-electron chi connectivity index (χ2n) is 9.88. The molecular formula is C32H32BrClN2O3. The average molecular weight is 608 g/mol. The molecule has 0 aliphatic rings. The van der Waals surface area contributed by atoms with E-state index >= 15 is 0 Å². The van der Waals surface area contributed by atoms with Gasteiger partial charge in [0, 0.05) is 24.5 Å². The van der Waals surface area contributed by atoms with E-state index in [1.165, 1.54) is 0 Å². The van der Waals surface area contributed by atoms with Crippen LogP contribution in [0, 0.1) is 5.92 Å². The maximum Gasteiger partial charge on any atom is 0.261 e. The highest BCUT2D eigenvalue weighted by molar-refractivity contribution is 9.10. The number of nitrogens with one attached hydrogen (secondary N) is 1. The number of fused-ring (bicyclic) bond motifs is 1. The first-order chi connectivity index (χ1) is 18.8.